The van der Waals surface area contributed by atoms with E-state index in [0.717, 1.165) is 12.8 Å². The molecular formula is C13H21F2NO2. The van der Waals surface area contributed by atoms with Gasteiger partial charge in [0.15, 0.2) is 0 Å². The van der Waals surface area contributed by atoms with E-state index in [9.17, 15) is 13.6 Å². The van der Waals surface area contributed by atoms with E-state index in [-0.39, 0.29) is 12.6 Å². The molecule has 1 aliphatic carbocycles. The van der Waals surface area contributed by atoms with Gasteiger partial charge in [0.1, 0.15) is 0 Å². The predicted molar refractivity (Wildman–Crippen MR) is 63.5 cm³/mol. The first kappa shape index (κ1) is 13.7. The molecular weight excluding hydrogens is 240 g/mol. The Morgan fingerprint density at radius 1 is 1.28 bits per heavy atom. The van der Waals surface area contributed by atoms with Crippen LogP contribution in [0.3, 0.4) is 0 Å². The van der Waals surface area contributed by atoms with E-state index in [0.29, 0.717) is 26.0 Å². The molecule has 1 heterocycles. The number of hydrogen-bond donors (Lipinski definition) is 0. The van der Waals surface area contributed by atoms with Crippen LogP contribution in [-0.4, -0.2) is 42.5 Å². The molecule has 0 aromatic heterocycles. The van der Waals surface area contributed by atoms with Crippen LogP contribution in [0.25, 0.3) is 0 Å². The van der Waals surface area contributed by atoms with Gasteiger partial charge in [0.25, 0.3) is 5.91 Å². The molecule has 0 spiro atoms. The molecule has 0 radical (unpaired) electrons. The van der Waals surface area contributed by atoms with Crippen LogP contribution in [-0.2, 0) is 9.53 Å². The molecule has 1 atom stereocenters. The van der Waals surface area contributed by atoms with Crippen molar-refractivity contribution in [2.24, 2.45) is 5.92 Å². The van der Waals surface area contributed by atoms with Crippen molar-refractivity contribution in [2.45, 2.75) is 51.1 Å². The summed E-state index contributed by atoms with van der Waals surface area (Å²) in [6.07, 6.45) is 5.75. The van der Waals surface area contributed by atoms with Crippen LogP contribution < -0.4 is 0 Å². The second-order valence-corrected chi connectivity index (χ2v) is 5.45. The largest absolute Gasteiger partial charge is 0.374 e. The van der Waals surface area contributed by atoms with Crippen molar-refractivity contribution in [3.63, 3.8) is 0 Å². The Morgan fingerprint density at radius 2 is 1.94 bits per heavy atom. The van der Waals surface area contributed by atoms with Gasteiger partial charge in [0.2, 0.25) is 0 Å². The maximum atomic E-state index is 13.0. The van der Waals surface area contributed by atoms with Gasteiger partial charge in [-0.1, -0.05) is 19.3 Å². The van der Waals surface area contributed by atoms with E-state index < -0.39 is 11.8 Å². The molecule has 1 aliphatic heterocycles. The minimum absolute atomic E-state index is 0.0506. The molecule has 0 bridgehead atoms. The number of alkyl halides is 2. The van der Waals surface area contributed by atoms with Crippen LogP contribution in [0.4, 0.5) is 8.78 Å². The van der Waals surface area contributed by atoms with E-state index in [1.807, 2.05) is 0 Å². The van der Waals surface area contributed by atoms with Crippen molar-refractivity contribution >= 4 is 5.91 Å². The molecule has 0 aromatic rings. The smallest absolute Gasteiger partial charge is 0.322 e. The summed E-state index contributed by atoms with van der Waals surface area (Å²) in [6.45, 7) is 1.65. The summed E-state index contributed by atoms with van der Waals surface area (Å²) >= 11 is 0. The standard InChI is InChI=1S/C13H21F2NO2/c1-13(14,15)12(17)16-7-8-18-11(9-16)10-5-3-2-4-6-10/h10-11H,2-9H2,1H3/t11-/m1/s1. The molecule has 1 saturated carbocycles. The Kier molecular flexibility index (Phi) is 4.20. The van der Waals surface area contributed by atoms with Gasteiger partial charge in [0.05, 0.1) is 12.7 Å². The average molecular weight is 261 g/mol. The fourth-order valence-electron chi connectivity index (χ4n) is 2.93. The van der Waals surface area contributed by atoms with Crippen LogP contribution in [0.1, 0.15) is 39.0 Å². The predicted octanol–water partition coefficient (Wildman–Crippen LogP) is 2.45. The topological polar surface area (TPSA) is 29.5 Å². The number of rotatable bonds is 2. The van der Waals surface area contributed by atoms with Gasteiger partial charge >= 0.3 is 5.92 Å². The van der Waals surface area contributed by atoms with E-state index in [4.69, 9.17) is 4.74 Å². The monoisotopic (exact) mass is 261 g/mol. The van der Waals surface area contributed by atoms with E-state index in [1.165, 1.54) is 24.2 Å². The Balaban J connectivity index is 1.93. The lowest BCUT2D eigenvalue weighted by Gasteiger charge is -2.39. The summed E-state index contributed by atoms with van der Waals surface area (Å²) in [7, 11) is 0. The molecule has 2 rings (SSSR count). The van der Waals surface area contributed by atoms with Crippen molar-refractivity contribution in [2.75, 3.05) is 19.7 Å². The van der Waals surface area contributed by atoms with E-state index in [2.05, 4.69) is 0 Å². The van der Waals surface area contributed by atoms with E-state index in [1.54, 1.807) is 0 Å². The average Bonchev–Trinajstić information content (AvgIpc) is 2.38. The molecule has 104 valence electrons. The second kappa shape index (κ2) is 5.51. The molecule has 2 aliphatic rings. The third kappa shape index (κ3) is 3.19. The van der Waals surface area contributed by atoms with E-state index >= 15 is 0 Å². The number of ether oxygens (including phenoxy) is 1. The van der Waals surface area contributed by atoms with Crippen LogP contribution >= 0.6 is 0 Å². The highest BCUT2D eigenvalue weighted by molar-refractivity contribution is 5.83. The molecule has 1 amide bonds. The Hall–Kier alpha value is -0.710. The lowest BCUT2D eigenvalue weighted by Crippen LogP contribution is -2.52. The second-order valence-electron chi connectivity index (χ2n) is 5.45. The van der Waals surface area contributed by atoms with Gasteiger partial charge in [-0.25, -0.2) is 0 Å². The van der Waals surface area contributed by atoms with Gasteiger partial charge in [-0.05, 0) is 18.8 Å². The van der Waals surface area contributed by atoms with Crippen LogP contribution in [0.5, 0.6) is 0 Å². The highest BCUT2D eigenvalue weighted by atomic mass is 19.3. The fraction of sp³-hybridized carbons (Fsp3) is 0.923. The van der Waals surface area contributed by atoms with Gasteiger partial charge in [-0.2, -0.15) is 8.78 Å². The molecule has 2 fully saturated rings. The first-order valence-corrected chi connectivity index (χ1v) is 6.77. The number of morpholine rings is 1. The number of carbonyl (C=O) groups is 1. The zero-order valence-corrected chi connectivity index (χ0v) is 10.8. The number of hydrogen-bond acceptors (Lipinski definition) is 2. The lowest BCUT2D eigenvalue weighted by molar-refractivity contribution is -0.164. The quantitative estimate of drug-likeness (QED) is 0.764. The Labute approximate surface area is 106 Å². The number of amides is 1. The first-order chi connectivity index (χ1) is 8.48. The maximum Gasteiger partial charge on any atom is 0.322 e. The molecule has 1 saturated heterocycles. The summed E-state index contributed by atoms with van der Waals surface area (Å²) in [5, 5.41) is 0. The van der Waals surface area contributed by atoms with Crippen LogP contribution in [0, 0.1) is 5.92 Å². The summed E-state index contributed by atoms with van der Waals surface area (Å²) in [4.78, 5) is 12.8. The number of nitrogens with zero attached hydrogens (tertiary/aromatic N) is 1. The zero-order valence-electron chi connectivity index (χ0n) is 10.8. The summed E-state index contributed by atoms with van der Waals surface area (Å²) < 4.78 is 31.7. The molecule has 0 aromatic carbocycles. The zero-order chi connectivity index (χ0) is 13.2. The summed E-state index contributed by atoms with van der Waals surface area (Å²) in [6, 6.07) is 0. The Bertz CT molecular complexity index is 298. The van der Waals surface area contributed by atoms with Crippen LogP contribution in [0.15, 0.2) is 0 Å². The van der Waals surface area contributed by atoms with Crippen molar-refractivity contribution in [1.82, 2.24) is 4.90 Å². The summed E-state index contributed by atoms with van der Waals surface area (Å²) in [5.41, 5.74) is 0. The third-order valence-electron chi connectivity index (χ3n) is 3.93. The van der Waals surface area contributed by atoms with Crippen molar-refractivity contribution < 1.29 is 18.3 Å². The molecule has 3 nitrogen and oxygen atoms in total. The molecule has 0 unspecified atom stereocenters. The van der Waals surface area contributed by atoms with Gasteiger partial charge in [0, 0.05) is 20.0 Å². The van der Waals surface area contributed by atoms with Crippen molar-refractivity contribution in [3.05, 3.63) is 0 Å². The minimum Gasteiger partial charge on any atom is -0.374 e. The van der Waals surface area contributed by atoms with Crippen molar-refractivity contribution in [1.29, 1.82) is 0 Å². The SMILES string of the molecule is CC(F)(F)C(=O)N1CCO[C@@H](C2CCCCC2)C1. The van der Waals surface area contributed by atoms with Gasteiger partial charge < -0.3 is 9.64 Å². The highest BCUT2D eigenvalue weighted by Crippen LogP contribution is 2.30. The maximum absolute atomic E-state index is 13.0. The minimum atomic E-state index is -3.27. The third-order valence-corrected chi connectivity index (χ3v) is 3.93. The van der Waals surface area contributed by atoms with Gasteiger partial charge in [-0.15, -0.1) is 0 Å². The van der Waals surface area contributed by atoms with Crippen molar-refractivity contribution in [3.8, 4) is 0 Å². The molecule has 5 heteroatoms. The lowest BCUT2D eigenvalue weighted by atomic mass is 9.84. The fourth-order valence-corrected chi connectivity index (χ4v) is 2.93. The van der Waals surface area contributed by atoms with Gasteiger partial charge in [-0.3, -0.25) is 4.79 Å². The normalized spacial score (nSPS) is 27.3. The Morgan fingerprint density at radius 3 is 2.56 bits per heavy atom. The molecule has 0 N–H and O–H groups in total. The highest BCUT2D eigenvalue weighted by Gasteiger charge is 2.40. The summed E-state index contributed by atoms with van der Waals surface area (Å²) in [5.74, 6) is -3.90. The first-order valence-electron chi connectivity index (χ1n) is 6.77. The number of carbonyl (C=O) groups excluding carboxylic acids is 1. The van der Waals surface area contributed by atoms with Crippen LogP contribution in [0.2, 0.25) is 0 Å². The number of halogens is 2. The molecule has 18 heavy (non-hydrogen) atoms.